The molecule has 1 unspecified atom stereocenters. The van der Waals surface area contributed by atoms with Crippen LogP contribution in [0.4, 0.5) is 0 Å². The number of guanidine groups is 1. The highest BCUT2D eigenvalue weighted by Gasteiger charge is 2.15. The van der Waals surface area contributed by atoms with Crippen LogP contribution >= 0.6 is 11.3 Å². The second kappa shape index (κ2) is 9.54. The molecule has 6 nitrogen and oxygen atoms in total. The third-order valence-corrected chi connectivity index (χ3v) is 6.74. The Labute approximate surface area is 172 Å². The highest BCUT2D eigenvalue weighted by Crippen LogP contribution is 2.27. The van der Waals surface area contributed by atoms with E-state index in [9.17, 15) is 0 Å². The van der Waals surface area contributed by atoms with Gasteiger partial charge in [0, 0.05) is 43.7 Å². The molecule has 0 amide bonds. The van der Waals surface area contributed by atoms with Gasteiger partial charge in [0.25, 0.3) is 0 Å². The summed E-state index contributed by atoms with van der Waals surface area (Å²) in [5, 5.41) is 12.8. The third kappa shape index (κ3) is 5.13. The molecule has 1 aliphatic rings. The molecular weight excluding hydrogens is 368 g/mol. The van der Waals surface area contributed by atoms with Gasteiger partial charge in [0.15, 0.2) is 5.96 Å². The van der Waals surface area contributed by atoms with Crippen molar-refractivity contribution in [2.24, 2.45) is 12.0 Å². The van der Waals surface area contributed by atoms with Gasteiger partial charge in [-0.3, -0.25) is 9.67 Å². The lowest BCUT2D eigenvalue weighted by Crippen LogP contribution is -2.43. The van der Waals surface area contributed by atoms with Crippen LogP contribution in [0.15, 0.2) is 4.99 Å². The van der Waals surface area contributed by atoms with Crippen molar-refractivity contribution in [2.45, 2.75) is 71.8 Å². The van der Waals surface area contributed by atoms with Crippen molar-refractivity contribution in [2.75, 3.05) is 13.6 Å². The summed E-state index contributed by atoms with van der Waals surface area (Å²) in [6.45, 7) is 7.31. The van der Waals surface area contributed by atoms with E-state index >= 15 is 0 Å². The molecule has 0 radical (unpaired) electrons. The smallest absolute Gasteiger partial charge is 0.191 e. The van der Waals surface area contributed by atoms with Gasteiger partial charge in [0.05, 0.1) is 16.4 Å². The molecule has 0 saturated heterocycles. The Morgan fingerprint density at radius 1 is 1.29 bits per heavy atom. The maximum Gasteiger partial charge on any atom is 0.191 e. The Kier molecular flexibility index (Phi) is 7.10. The minimum Gasteiger partial charge on any atom is -0.356 e. The van der Waals surface area contributed by atoms with Gasteiger partial charge in [-0.2, -0.15) is 5.10 Å². The number of fused-ring (bicyclic) bond motifs is 1. The largest absolute Gasteiger partial charge is 0.356 e. The molecule has 2 heterocycles. The normalized spacial score (nSPS) is 15.4. The van der Waals surface area contributed by atoms with E-state index < -0.39 is 0 Å². The second-order valence-electron chi connectivity index (χ2n) is 7.81. The predicted molar refractivity (Wildman–Crippen MR) is 117 cm³/mol. The highest BCUT2D eigenvalue weighted by molar-refractivity contribution is 7.11. The number of aryl methyl sites for hydroxylation is 5. The Morgan fingerprint density at radius 3 is 2.75 bits per heavy atom. The van der Waals surface area contributed by atoms with E-state index in [0.29, 0.717) is 6.04 Å². The van der Waals surface area contributed by atoms with Gasteiger partial charge in [-0.1, -0.05) is 0 Å². The number of hydrogen-bond acceptors (Lipinski definition) is 4. The van der Waals surface area contributed by atoms with Gasteiger partial charge in [-0.25, -0.2) is 4.98 Å². The summed E-state index contributed by atoms with van der Waals surface area (Å²) in [6.07, 6.45) is 8.10. The summed E-state index contributed by atoms with van der Waals surface area (Å²) >= 11 is 1.92. The quantitative estimate of drug-likeness (QED) is 0.424. The van der Waals surface area contributed by atoms with Crippen LogP contribution in [0.3, 0.4) is 0 Å². The first-order valence-corrected chi connectivity index (χ1v) is 11.2. The van der Waals surface area contributed by atoms with Gasteiger partial charge in [-0.05, 0) is 64.9 Å². The van der Waals surface area contributed by atoms with Crippen molar-refractivity contribution < 1.29 is 0 Å². The molecule has 2 N–H and O–H groups in total. The van der Waals surface area contributed by atoms with E-state index in [1.54, 1.807) is 0 Å². The van der Waals surface area contributed by atoms with Crippen molar-refractivity contribution in [1.29, 1.82) is 0 Å². The molecule has 1 atom stereocenters. The Hall–Kier alpha value is -1.89. The maximum atomic E-state index is 4.84. The highest BCUT2D eigenvalue weighted by atomic mass is 32.1. The number of nitrogens with zero attached hydrogens (tertiary/aromatic N) is 4. The number of hydrogen-bond donors (Lipinski definition) is 2. The van der Waals surface area contributed by atoms with Crippen LogP contribution in [0, 0.1) is 13.8 Å². The first-order valence-electron chi connectivity index (χ1n) is 10.4. The fourth-order valence-electron chi connectivity index (χ4n) is 3.86. The fourth-order valence-corrected chi connectivity index (χ4v) is 5.06. The minimum absolute atomic E-state index is 0.290. The van der Waals surface area contributed by atoms with Crippen LogP contribution in [0.5, 0.6) is 0 Å². The van der Waals surface area contributed by atoms with E-state index in [-0.39, 0.29) is 0 Å². The number of nitrogens with one attached hydrogen (secondary N) is 2. The molecule has 0 aromatic carbocycles. The number of thiazole rings is 1. The van der Waals surface area contributed by atoms with E-state index in [1.807, 2.05) is 30.1 Å². The lowest BCUT2D eigenvalue weighted by molar-refractivity contribution is 0.630. The summed E-state index contributed by atoms with van der Waals surface area (Å²) < 4.78 is 1.96. The topological polar surface area (TPSA) is 67.1 Å². The van der Waals surface area contributed by atoms with Crippen molar-refractivity contribution in [3.63, 3.8) is 0 Å². The molecule has 28 heavy (non-hydrogen) atoms. The molecule has 0 saturated carbocycles. The van der Waals surface area contributed by atoms with Crippen molar-refractivity contribution in [3.8, 4) is 0 Å². The molecule has 7 heteroatoms. The lowest BCUT2D eigenvalue weighted by atomic mass is 10.0. The molecule has 2 aromatic rings. The standard InChI is InChI=1S/C21H34N6S/c1-14(13-17-15(2)26-27(5)16(17)3)24-21(22-4)23-12-8-11-20-25-18-9-6-7-10-19(18)28-20/h14H,6-13H2,1-5H3,(H2,22,23,24). The summed E-state index contributed by atoms with van der Waals surface area (Å²) in [5.74, 6) is 0.866. The second-order valence-corrected chi connectivity index (χ2v) is 8.98. The average Bonchev–Trinajstić information content (AvgIpc) is 3.19. The zero-order chi connectivity index (χ0) is 20.1. The van der Waals surface area contributed by atoms with Crippen molar-refractivity contribution in [3.05, 3.63) is 32.5 Å². The molecule has 1 aliphatic carbocycles. The minimum atomic E-state index is 0.290. The first kappa shape index (κ1) is 20.8. The summed E-state index contributed by atoms with van der Waals surface area (Å²) in [4.78, 5) is 10.7. The third-order valence-electron chi connectivity index (χ3n) is 5.53. The Balaban J connectivity index is 1.42. The van der Waals surface area contributed by atoms with E-state index in [2.05, 4.69) is 41.5 Å². The zero-order valence-electron chi connectivity index (χ0n) is 17.9. The van der Waals surface area contributed by atoms with Crippen LogP contribution in [0.25, 0.3) is 0 Å². The average molecular weight is 403 g/mol. The van der Waals surface area contributed by atoms with Crippen LogP contribution in [-0.4, -0.2) is 40.4 Å². The van der Waals surface area contributed by atoms with E-state index in [1.165, 1.54) is 52.5 Å². The Bertz CT molecular complexity index is 796. The molecule has 0 fully saturated rings. The molecule has 2 aromatic heterocycles. The number of rotatable bonds is 7. The molecule has 0 aliphatic heterocycles. The summed E-state index contributed by atoms with van der Waals surface area (Å²) in [5.41, 5.74) is 5.04. The maximum absolute atomic E-state index is 4.84. The fraction of sp³-hybridized carbons (Fsp3) is 0.667. The SMILES string of the molecule is CN=C(NCCCc1nc2c(s1)CCCC2)NC(C)Cc1c(C)nn(C)c1C. The monoisotopic (exact) mass is 402 g/mol. The van der Waals surface area contributed by atoms with Crippen LogP contribution in [0.1, 0.15) is 58.7 Å². The van der Waals surface area contributed by atoms with Gasteiger partial charge >= 0.3 is 0 Å². The first-order chi connectivity index (χ1) is 13.5. The zero-order valence-corrected chi connectivity index (χ0v) is 18.7. The molecule has 0 bridgehead atoms. The van der Waals surface area contributed by atoms with Gasteiger partial charge in [0.2, 0.25) is 0 Å². The Morgan fingerprint density at radius 2 is 2.07 bits per heavy atom. The molecular formula is C21H34N6S. The van der Waals surface area contributed by atoms with Crippen LogP contribution < -0.4 is 10.6 Å². The van der Waals surface area contributed by atoms with Crippen LogP contribution in [-0.2, 0) is 32.7 Å². The lowest BCUT2D eigenvalue weighted by Gasteiger charge is -2.18. The number of aromatic nitrogens is 3. The van der Waals surface area contributed by atoms with Crippen LogP contribution in [0.2, 0.25) is 0 Å². The van der Waals surface area contributed by atoms with Gasteiger partial charge < -0.3 is 10.6 Å². The van der Waals surface area contributed by atoms with E-state index in [4.69, 9.17) is 4.98 Å². The molecule has 0 spiro atoms. The predicted octanol–water partition coefficient (Wildman–Crippen LogP) is 3.10. The van der Waals surface area contributed by atoms with Gasteiger partial charge in [0.1, 0.15) is 0 Å². The summed E-state index contributed by atoms with van der Waals surface area (Å²) in [6, 6.07) is 0.290. The van der Waals surface area contributed by atoms with Gasteiger partial charge in [-0.15, -0.1) is 11.3 Å². The molecule has 154 valence electrons. The number of aliphatic imine (C=N–C) groups is 1. The molecule has 3 rings (SSSR count). The summed E-state index contributed by atoms with van der Waals surface area (Å²) in [7, 11) is 3.83. The van der Waals surface area contributed by atoms with Crippen molar-refractivity contribution in [1.82, 2.24) is 25.4 Å². The van der Waals surface area contributed by atoms with Crippen molar-refractivity contribution >= 4 is 17.3 Å². The van der Waals surface area contributed by atoms with E-state index in [0.717, 1.165) is 37.5 Å².